The van der Waals surface area contributed by atoms with E-state index in [0.717, 1.165) is 32.6 Å². The van der Waals surface area contributed by atoms with Crippen LogP contribution >= 0.6 is 0 Å². The van der Waals surface area contributed by atoms with Crippen LogP contribution in [0.1, 0.15) is 38.5 Å². The standard InChI is InChI=1S/C18H28N2O2/c1-19-11-13-20(14-12-19)18(16-5-3-2-4-6-16)9-7-15(8-10-18)17(21)22/h7-9,16H,2-6,10-14H2,1H3,(H,21,22). The van der Waals surface area contributed by atoms with Crippen molar-refractivity contribution in [1.29, 1.82) is 0 Å². The maximum Gasteiger partial charge on any atom is 0.335 e. The first-order chi connectivity index (χ1) is 10.6. The van der Waals surface area contributed by atoms with E-state index >= 15 is 0 Å². The minimum atomic E-state index is -0.799. The van der Waals surface area contributed by atoms with Crippen LogP contribution in [-0.2, 0) is 4.79 Å². The molecule has 122 valence electrons. The molecule has 3 aliphatic rings. The van der Waals surface area contributed by atoms with Gasteiger partial charge in [0.05, 0.1) is 5.57 Å². The van der Waals surface area contributed by atoms with E-state index in [-0.39, 0.29) is 5.54 Å². The fourth-order valence-electron chi connectivity index (χ4n) is 4.42. The predicted octanol–water partition coefficient (Wildman–Crippen LogP) is 2.52. The molecule has 1 atom stereocenters. The van der Waals surface area contributed by atoms with Gasteiger partial charge in [-0.25, -0.2) is 4.79 Å². The summed E-state index contributed by atoms with van der Waals surface area (Å²) in [5.41, 5.74) is 0.515. The molecule has 1 unspecified atom stereocenters. The molecule has 4 nitrogen and oxygen atoms in total. The van der Waals surface area contributed by atoms with Crippen LogP contribution in [0.5, 0.6) is 0 Å². The fraction of sp³-hybridized carbons (Fsp3) is 0.722. The molecule has 1 saturated carbocycles. The van der Waals surface area contributed by atoms with Gasteiger partial charge in [-0.1, -0.05) is 37.5 Å². The maximum atomic E-state index is 11.2. The summed E-state index contributed by atoms with van der Waals surface area (Å²) in [6.45, 7) is 4.40. The third-order valence-corrected chi connectivity index (χ3v) is 5.85. The highest BCUT2D eigenvalue weighted by Crippen LogP contribution is 2.42. The molecule has 4 heteroatoms. The van der Waals surface area contributed by atoms with Crippen LogP contribution in [0.15, 0.2) is 23.8 Å². The van der Waals surface area contributed by atoms with E-state index in [2.05, 4.69) is 22.9 Å². The Kier molecular flexibility index (Phi) is 4.69. The number of piperazine rings is 1. The van der Waals surface area contributed by atoms with Crippen LogP contribution in [0, 0.1) is 5.92 Å². The quantitative estimate of drug-likeness (QED) is 0.870. The first-order valence-electron chi connectivity index (χ1n) is 8.68. The molecule has 2 aliphatic carbocycles. The molecular weight excluding hydrogens is 276 g/mol. The van der Waals surface area contributed by atoms with Gasteiger partial charge in [0, 0.05) is 31.7 Å². The average Bonchev–Trinajstić information content (AvgIpc) is 2.56. The van der Waals surface area contributed by atoms with Crippen LogP contribution in [0.3, 0.4) is 0 Å². The third kappa shape index (κ3) is 2.99. The molecular formula is C18H28N2O2. The molecule has 3 rings (SSSR count). The number of carboxylic acid groups (broad SMARTS) is 1. The predicted molar refractivity (Wildman–Crippen MR) is 87.9 cm³/mol. The SMILES string of the molecule is CN1CCN(C2(C3CCCCC3)C=CC(C(=O)O)=CC2)CC1. The number of aliphatic carboxylic acids is 1. The van der Waals surface area contributed by atoms with E-state index in [4.69, 9.17) is 0 Å². The van der Waals surface area contributed by atoms with Crippen molar-refractivity contribution in [2.75, 3.05) is 33.2 Å². The number of nitrogens with zero attached hydrogens (tertiary/aromatic N) is 2. The Bertz CT molecular complexity index is 471. The first-order valence-corrected chi connectivity index (χ1v) is 8.68. The lowest BCUT2D eigenvalue weighted by Crippen LogP contribution is -2.59. The first kappa shape index (κ1) is 15.8. The molecule has 0 spiro atoms. The van der Waals surface area contributed by atoms with Crippen LogP contribution in [0.25, 0.3) is 0 Å². The summed E-state index contributed by atoms with van der Waals surface area (Å²) >= 11 is 0. The Labute approximate surface area is 133 Å². The van der Waals surface area contributed by atoms with Gasteiger partial charge >= 0.3 is 5.97 Å². The second-order valence-electron chi connectivity index (χ2n) is 7.12. The molecule has 1 heterocycles. The second-order valence-corrected chi connectivity index (χ2v) is 7.12. The Hall–Kier alpha value is -1.13. The summed E-state index contributed by atoms with van der Waals surface area (Å²) in [7, 11) is 2.18. The van der Waals surface area contributed by atoms with Gasteiger partial charge in [0.2, 0.25) is 0 Å². The molecule has 0 bridgehead atoms. The van der Waals surface area contributed by atoms with E-state index in [9.17, 15) is 9.90 Å². The zero-order valence-electron chi connectivity index (χ0n) is 13.6. The van der Waals surface area contributed by atoms with Gasteiger partial charge < -0.3 is 10.0 Å². The van der Waals surface area contributed by atoms with E-state index < -0.39 is 5.97 Å². The Morgan fingerprint density at radius 2 is 1.86 bits per heavy atom. The van der Waals surface area contributed by atoms with Crippen molar-refractivity contribution in [3.8, 4) is 0 Å². The smallest absolute Gasteiger partial charge is 0.335 e. The maximum absolute atomic E-state index is 11.2. The lowest BCUT2D eigenvalue weighted by Gasteiger charge is -2.51. The Morgan fingerprint density at radius 1 is 1.18 bits per heavy atom. The molecule has 1 N–H and O–H groups in total. The third-order valence-electron chi connectivity index (χ3n) is 5.85. The van der Waals surface area contributed by atoms with Crippen molar-refractivity contribution in [3.63, 3.8) is 0 Å². The molecule has 22 heavy (non-hydrogen) atoms. The second kappa shape index (κ2) is 6.55. The van der Waals surface area contributed by atoms with E-state index in [0.29, 0.717) is 11.5 Å². The minimum absolute atomic E-state index is 0.0562. The lowest BCUT2D eigenvalue weighted by molar-refractivity contribution is -0.132. The number of carboxylic acids is 1. The molecule has 0 aromatic heterocycles. The molecule has 0 aromatic carbocycles. The highest BCUT2D eigenvalue weighted by Gasteiger charge is 2.43. The molecule has 0 radical (unpaired) electrons. The molecule has 1 aliphatic heterocycles. The van der Waals surface area contributed by atoms with Crippen molar-refractivity contribution < 1.29 is 9.90 Å². The van der Waals surface area contributed by atoms with E-state index in [1.807, 2.05) is 12.2 Å². The van der Waals surface area contributed by atoms with Gasteiger partial charge in [0.15, 0.2) is 0 Å². The van der Waals surface area contributed by atoms with Gasteiger partial charge in [-0.05, 0) is 32.2 Å². The highest BCUT2D eigenvalue weighted by molar-refractivity contribution is 5.90. The topological polar surface area (TPSA) is 43.8 Å². The molecule has 0 amide bonds. The van der Waals surface area contributed by atoms with Gasteiger partial charge in [-0.2, -0.15) is 0 Å². The zero-order valence-corrected chi connectivity index (χ0v) is 13.6. The fourth-order valence-corrected chi connectivity index (χ4v) is 4.42. The largest absolute Gasteiger partial charge is 0.478 e. The highest BCUT2D eigenvalue weighted by atomic mass is 16.4. The number of rotatable bonds is 3. The van der Waals surface area contributed by atoms with Crippen molar-refractivity contribution in [2.24, 2.45) is 5.92 Å². The molecule has 0 aromatic rings. The number of likely N-dealkylation sites (N-methyl/N-ethyl adjacent to an activating group) is 1. The van der Waals surface area contributed by atoms with Crippen LogP contribution in [0.4, 0.5) is 0 Å². The van der Waals surface area contributed by atoms with E-state index in [1.54, 1.807) is 0 Å². The van der Waals surface area contributed by atoms with E-state index in [1.165, 1.54) is 32.1 Å². The van der Waals surface area contributed by atoms with Gasteiger partial charge in [0.1, 0.15) is 0 Å². The average molecular weight is 304 g/mol. The summed E-state index contributed by atoms with van der Waals surface area (Å²) in [5, 5.41) is 9.22. The number of carbonyl (C=O) groups is 1. The monoisotopic (exact) mass is 304 g/mol. The Balaban J connectivity index is 1.83. The molecule has 2 fully saturated rings. The summed E-state index contributed by atoms with van der Waals surface area (Å²) in [6, 6.07) is 0. The van der Waals surface area contributed by atoms with Gasteiger partial charge in [0.25, 0.3) is 0 Å². The van der Waals surface area contributed by atoms with Crippen LogP contribution in [-0.4, -0.2) is 59.6 Å². The van der Waals surface area contributed by atoms with Crippen molar-refractivity contribution in [3.05, 3.63) is 23.8 Å². The van der Waals surface area contributed by atoms with Gasteiger partial charge in [-0.15, -0.1) is 0 Å². The van der Waals surface area contributed by atoms with Crippen molar-refractivity contribution in [1.82, 2.24) is 9.80 Å². The summed E-state index contributed by atoms with van der Waals surface area (Å²) in [6.07, 6.45) is 13.5. The van der Waals surface area contributed by atoms with Gasteiger partial charge in [-0.3, -0.25) is 4.90 Å². The van der Waals surface area contributed by atoms with Crippen molar-refractivity contribution in [2.45, 2.75) is 44.1 Å². The number of hydrogen-bond acceptors (Lipinski definition) is 3. The number of hydrogen-bond donors (Lipinski definition) is 1. The summed E-state index contributed by atoms with van der Waals surface area (Å²) < 4.78 is 0. The summed E-state index contributed by atoms with van der Waals surface area (Å²) in [5.74, 6) is -0.126. The van der Waals surface area contributed by atoms with Crippen LogP contribution in [0.2, 0.25) is 0 Å². The zero-order chi connectivity index (χ0) is 15.6. The summed E-state index contributed by atoms with van der Waals surface area (Å²) in [4.78, 5) is 16.2. The van der Waals surface area contributed by atoms with Crippen molar-refractivity contribution >= 4 is 5.97 Å². The minimum Gasteiger partial charge on any atom is -0.478 e. The normalized spacial score (nSPS) is 32.0. The van der Waals surface area contributed by atoms with Crippen LogP contribution < -0.4 is 0 Å². The molecule has 1 saturated heterocycles. The Morgan fingerprint density at radius 3 is 2.41 bits per heavy atom. The lowest BCUT2D eigenvalue weighted by atomic mass is 9.69.